The fourth-order valence-corrected chi connectivity index (χ4v) is 3.45. The predicted molar refractivity (Wildman–Crippen MR) is 95.1 cm³/mol. The van der Waals surface area contributed by atoms with Crippen molar-refractivity contribution in [3.63, 3.8) is 0 Å². The van der Waals surface area contributed by atoms with E-state index in [4.69, 9.17) is 5.26 Å². The second kappa shape index (κ2) is 11.1. The van der Waals surface area contributed by atoms with Crippen LogP contribution in [0.5, 0.6) is 0 Å². The molecule has 0 aromatic heterocycles. The number of carbonyl (C=O) groups excluding carboxylic acids is 2. The molecular formula is C19H33N3O2. The van der Waals surface area contributed by atoms with Crippen LogP contribution in [0.1, 0.15) is 65.2 Å². The Morgan fingerprint density at radius 1 is 1.25 bits per heavy atom. The smallest absolute Gasteiger partial charge is 0.222 e. The third kappa shape index (κ3) is 6.51. The number of nitrogens with zero attached hydrogens (tertiary/aromatic N) is 3. The van der Waals surface area contributed by atoms with Crippen molar-refractivity contribution in [3.8, 4) is 6.07 Å². The molecule has 0 aliphatic carbocycles. The van der Waals surface area contributed by atoms with E-state index in [0.29, 0.717) is 37.6 Å². The number of unbranched alkanes of at least 4 members (excludes halogenated alkanes) is 2. The van der Waals surface area contributed by atoms with Crippen LogP contribution in [0.15, 0.2) is 0 Å². The quantitative estimate of drug-likeness (QED) is 0.608. The second-order valence-corrected chi connectivity index (χ2v) is 6.94. The van der Waals surface area contributed by atoms with Gasteiger partial charge in [-0.2, -0.15) is 5.26 Å². The van der Waals surface area contributed by atoms with E-state index in [-0.39, 0.29) is 11.8 Å². The van der Waals surface area contributed by atoms with Gasteiger partial charge in [0.1, 0.15) is 0 Å². The van der Waals surface area contributed by atoms with Crippen LogP contribution in [0, 0.1) is 23.2 Å². The molecule has 2 unspecified atom stereocenters. The first-order valence-electron chi connectivity index (χ1n) is 9.42. The van der Waals surface area contributed by atoms with Crippen molar-refractivity contribution in [3.05, 3.63) is 0 Å². The average Bonchev–Trinajstić information content (AvgIpc) is 2.59. The average molecular weight is 335 g/mol. The van der Waals surface area contributed by atoms with Crippen molar-refractivity contribution >= 4 is 11.8 Å². The monoisotopic (exact) mass is 335 g/mol. The van der Waals surface area contributed by atoms with Gasteiger partial charge in [0.05, 0.1) is 12.5 Å². The third-order valence-corrected chi connectivity index (χ3v) is 5.18. The van der Waals surface area contributed by atoms with Gasteiger partial charge in [0.2, 0.25) is 11.8 Å². The zero-order valence-electron chi connectivity index (χ0n) is 15.6. The molecule has 1 saturated heterocycles. The number of piperidine rings is 1. The lowest BCUT2D eigenvalue weighted by molar-refractivity contribution is -0.135. The lowest BCUT2D eigenvalue weighted by Gasteiger charge is -2.38. The van der Waals surface area contributed by atoms with Gasteiger partial charge in [-0.1, -0.05) is 33.1 Å². The van der Waals surface area contributed by atoms with Crippen LogP contribution in [-0.2, 0) is 9.59 Å². The van der Waals surface area contributed by atoms with Crippen molar-refractivity contribution < 1.29 is 9.59 Å². The number of hydrogen-bond donors (Lipinski definition) is 0. The van der Waals surface area contributed by atoms with Gasteiger partial charge in [-0.3, -0.25) is 9.59 Å². The molecule has 2 amide bonds. The van der Waals surface area contributed by atoms with Crippen LogP contribution in [0.25, 0.3) is 0 Å². The number of amides is 2. The van der Waals surface area contributed by atoms with Gasteiger partial charge in [0, 0.05) is 39.5 Å². The van der Waals surface area contributed by atoms with E-state index in [1.807, 2.05) is 4.90 Å². The molecule has 24 heavy (non-hydrogen) atoms. The highest BCUT2D eigenvalue weighted by molar-refractivity contribution is 5.77. The zero-order valence-corrected chi connectivity index (χ0v) is 15.6. The van der Waals surface area contributed by atoms with Crippen LogP contribution in [-0.4, -0.2) is 48.3 Å². The van der Waals surface area contributed by atoms with E-state index in [1.54, 1.807) is 11.9 Å². The molecule has 0 N–H and O–H groups in total. The molecule has 0 bridgehead atoms. The summed E-state index contributed by atoms with van der Waals surface area (Å²) in [6.45, 7) is 6.36. The molecule has 1 heterocycles. The summed E-state index contributed by atoms with van der Waals surface area (Å²) >= 11 is 0. The molecule has 5 nitrogen and oxygen atoms in total. The zero-order chi connectivity index (χ0) is 17.9. The first-order chi connectivity index (χ1) is 11.5. The minimum atomic E-state index is 0.122. The van der Waals surface area contributed by atoms with Crippen LogP contribution in [0.4, 0.5) is 0 Å². The second-order valence-electron chi connectivity index (χ2n) is 6.94. The normalized spacial score (nSPS) is 20.5. The Hall–Kier alpha value is -1.57. The van der Waals surface area contributed by atoms with Crippen LogP contribution in [0.3, 0.4) is 0 Å². The Kier molecular flexibility index (Phi) is 9.44. The van der Waals surface area contributed by atoms with E-state index in [2.05, 4.69) is 19.9 Å². The summed E-state index contributed by atoms with van der Waals surface area (Å²) in [7, 11) is 1.77. The van der Waals surface area contributed by atoms with Crippen LogP contribution < -0.4 is 0 Å². The van der Waals surface area contributed by atoms with Crippen molar-refractivity contribution in [2.75, 3.05) is 26.7 Å². The first-order valence-corrected chi connectivity index (χ1v) is 9.42. The molecule has 1 aliphatic rings. The van der Waals surface area contributed by atoms with Gasteiger partial charge in [-0.25, -0.2) is 0 Å². The van der Waals surface area contributed by atoms with Gasteiger partial charge in [0.25, 0.3) is 0 Å². The molecule has 1 aliphatic heterocycles. The van der Waals surface area contributed by atoms with Gasteiger partial charge in [0.15, 0.2) is 0 Å². The summed E-state index contributed by atoms with van der Waals surface area (Å²) in [5.74, 6) is 1.16. The number of nitriles is 1. The van der Waals surface area contributed by atoms with Crippen molar-refractivity contribution in [1.29, 1.82) is 5.26 Å². The fourth-order valence-electron chi connectivity index (χ4n) is 3.45. The Balaban J connectivity index is 2.48. The fraction of sp³-hybridized carbons (Fsp3) is 0.842. The van der Waals surface area contributed by atoms with Crippen molar-refractivity contribution in [1.82, 2.24) is 9.80 Å². The summed E-state index contributed by atoms with van der Waals surface area (Å²) in [4.78, 5) is 28.3. The van der Waals surface area contributed by atoms with E-state index in [9.17, 15) is 9.59 Å². The molecule has 5 heteroatoms. The van der Waals surface area contributed by atoms with Crippen LogP contribution in [0.2, 0.25) is 0 Å². The number of likely N-dealkylation sites (tertiary alicyclic amines) is 1. The molecule has 0 aromatic carbocycles. The molecule has 0 spiro atoms. The highest BCUT2D eigenvalue weighted by Crippen LogP contribution is 2.30. The topological polar surface area (TPSA) is 64.4 Å². The molecular weight excluding hydrogens is 302 g/mol. The minimum absolute atomic E-state index is 0.122. The van der Waals surface area contributed by atoms with E-state index >= 15 is 0 Å². The summed E-state index contributed by atoms with van der Waals surface area (Å²) in [6, 6.07) is 2.08. The van der Waals surface area contributed by atoms with Crippen molar-refractivity contribution in [2.45, 2.75) is 65.2 Å². The SMILES string of the molecule is CCCCCC(=O)N1CCC(CC(=O)N(C)CCC#N)C(CC)C1. The Bertz CT molecular complexity index is 444. The Labute approximate surface area is 147 Å². The maximum absolute atomic E-state index is 12.3. The summed E-state index contributed by atoms with van der Waals surface area (Å²) < 4.78 is 0. The molecule has 0 radical (unpaired) electrons. The predicted octanol–water partition coefficient (Wildman–Crippen LogP) is 3.20. The number of rotatable bonds is 9. The maximum atomic E-state index is 12.3. The molecule has 1 rings (SSSR count). The van der Waals surface area contributed by atoms with E-state index in [0.717, 1.165) is 45.2 Å². The summed E-state index contributed by atoms with van der Waals surface area (Å²) in [5.41, 5.74) is 0. The summed E-state index contributed by atoms with van der Waals surface area (Å²) in [6.07, 6.45) is 6.72. The minimum Gasteiger partial charge on any atom is -0.345 e. The standard InChI is InChI=1S/C19H33N3O2/c1-4-6-7-9-18(23)22-13-10-17(16(5-2)15-22)14-19(24)21(3)12-8-11-20/h16-17H,4-10,12-15H2,1-3H3. The molecule has 0 saturated carbocycles. The summed E-state index contributed by atoms with van der Waals surface area (Å²) in [5, 5.41) is 8.63. The first kappa shape index (κ1) is 20.5. The molecule has 1 fully saturated rings. The number of carbonyl (C=O) groups is 2. The maximum Gasteiger partial charge on any atom is 0.222 e. The van der Waals surface area contributed by atoms with Gasteiger partial charge >= 0.3 is 0 Å². The highest BCUT2D eigenvalue weighted by atomic mass is 16.2. The van der Waals surface area contributed by atoms with Crippen LogP contribution >= 0.6 is 0 Å². The molecule has 136 valence electrons. The Morgan fingerprint density at radius 2 is 2.00 bits per heavy atom. The van der Waals surface area contributed by atoms with E-state index < -0.39 is 0 Å². The van der Waals surface area contributed by atoms with Gasteiger partial charge in [-0.05, 0) is 24.7 Å². The van der Waals surface area contributed by atoms with Crippen molar-refractivity contribution in [2.24, 2.45) is 11.8 Å². The number of hydrogen-bond acceptors (Lipinski definition) is 3. The lowest BCUT2D eigenvalue weighted by Crippen LogP contribution is -2.45. The van der Waals surface area contributed by atoms with E-state index in [1.165, 1.54) is 0 Å². The molecule has 0 aromatic rings. The molecule has 2 atom stereocenters. The van der Waals surface area contributed by atoms with Gasteiger partial charge in [-0.15, -0.1) is 0 Å². The van der Waals surface area contributed by atoms with Gasteiger partial charge < -0.3 is 9.80 Å². The Morgan fingerprint density at radius 3 is 2.62 bits per heavy atom. The highest BCUT2D eigenvalue weighted by Gasteiger charge is 2.31. The third-order valence-electron chi connectivity index (χ3n) is 5.18. The largest absolute Gasteiger partial charge is 0.345 e. The lowest BCUT2D eigenvalue weighted by atomic mass is 9.81.